The summed E-state index contributed by atoms with van der Waals surface area (Å²) in [4.78, 5) is 13.4. The van der Waals surface area contributed by atoms with Gasteiger partial charge in [0, 0.05) is 8.47 Å². The van der Waals surface area contributed by atoms with E-state index >= 15 is 0 Å². The van der Waals surface area contributed by atoms with E-state index < -0.39 is 21.8 Å². The van der Waals surface area contributed by atoms with Gasteiger partial charge in [-0.3, -0.25) is 0 Å². The molecule has 0 aliphatic heterocycles. The minimum Gasteiger partial charge on any atom is -0.461 e. The van der Waals surface area contributed by atoms with Gasteiger partial charge in [0.15, 0.2) is 5.69 Å². The van der Waals surface area contributed by atoms with Crippen molar-refractivity contribution in [2.45, 2.75) is 11.8 Å². The van der Waals surface area contributed by atoms with Gasteiger partial charge in [-0.05, 0) is 61.1 Å². The first kappa shape index (κ1) is 20.7. The monoisotopic (exact) mass is 396 g/mol. The Hall–Kier alpha value is -2.61. The van der Waals surface area contributed by atoms with Crippen LogP contribution in [0.3, 0.4) is 0 Å². The third kappa shape index (κ3) is 4.21. The van der Waals surface area contributed by atoms with E-state index in [1.807, 2.05) is 6.07 Å². The minimum absolute atomic E-state index is 0. The summed E-state index contributed by atoms with van der Waals surface area (Å²) >= 11 is 0. The lowest BCUT2D eigenvalue weighted by Gasteiger charge is -2.26. The molecular weight excluding hydrogens is 367 g/mol. The zero-order valence-electron chi connectivity index (χ0n) is 16.3. The number of nitrogens with zero attached hydrogens (tertiary/aromatic N) is 1. The maximum Gasteiger partial charge on any atom is 0.357 e. The summed E-state index contributed by atoms with van der Waals surface area (Å²) in [7, 11) is 0.616. The molecule has 0 fully saturated rings. The van der Waals surface area contributed by atoms with E-state index in [0.717, 1.165) is 4.90 Å². The van der Waals surface area contributed by atoms with Crippen LogP contribution in [-0.2, 0) is 11.8 Å². The van der Waals surface area contributed by atoms with E-state index in [0.29, 0.717) is 11.4 Å². The predicted octanol–water partition coefficient (Wildman–Crippen LogP) is 3.90. The van der Waals surface area contributed by atoms with E-state index in [2.05, 4.69) is 24.1 Å². The fraction of sp³-hybridized carbons (Fsp3) is 0.316. The summed E-state index contributed by atoms with van der Waals surface area (Å²) in [6, 6.07) is 5.05. The molecule has 27 heavy (non-hydrogen) atoms. The Morgan fingerprint density at radius 2 is 2.07 bits per heavy atom. The predicted molar refractivity (Wildman–Crippen MR) is 114 cm³/mol. The molecule has 150 valence electrons. The highest BCUT2D eigenvalue weighted by atomic mass is 32.3. The van der Waals surface area contributed by atoms with Crippen LogP contribution in [0.5, 0.6) is 0 Å². The number of aromatic nitrogens is 1. The molecule has 0 saturated carbocycles. The summed E-state index contributed by atoms with van der Waals surface area (Å²) in [6.45, 7) is 1.92. The van der Waals surface area contributed by atoms with Crippen molar-refractivity contribution in [1.82, 2.24) is 4.57 Å². The third-order valence-corrected chi connectivity index (χ3v) is 5.78. The molecule has 5 N–H and O–H groups in total. The topological polar surface area (TPSA) is 95.3 Å². The number of ether oxygens (including phenoxy) is 1. The lowest BCUT2D eigenvalue weighted by molar-refractivity contribution is 0.0516. The molecule has 0 aliphatic carbocycles. The molecular formula is C19H29FN4O2S. The van der Waals surface area contributed by atoms with E-state index in [-0.39, 0.29) is 25.1 Å². The Kier molecular flexibility index (Phi) is 6.10. The van der Waals surface area contributed by atoms with Gasteiger partial charge in [0.05, 0.1) is 29.4 Å². The van der Waals surface area contributed by atoms with Crippen molar-refractivity contribution < 1.29 is 15.3 Å². The zero-order chi connectivity index (χ0) is 20.4. The number of nitrogens with one attached hydrogen (secondary N) is 1. The van der Waals surface area contributed by atoms with Crippen molar-refractivity contribution in [2.24, 2.45) is 12.8 Å². The van der Waals surface area contributed by atoms with Gasteiger partial charge in [-0.15, -0.1) is 0 Å². The first-order chi connectivity index (χ1) is 12.6. The highest BCUT2D eigenvalue weighted by Crippen LogP contribution is 2.46. The van der Waals surface area contributed by atoms with Crippen molar-refractivity contribution in [2.75, 3.05) is 36.4 Å². The number of hydrogen-bond acceptors (Lipinski definition) is 5. The number of hydrogen-bond donors (Lipinski definition) is 3. The van der Waals surface area contributed by atoms with Crippen LogP contribution in [0.15, 0.2) is 29.3 Å². The van der Waals surface area contributed by atoms with E-state index in [9.17, 15) is 9.18 Å². The molecule has 0 aliphatic rings. The van der Waals surface area contributed by atoms with E-state index in [1.165, 1.54) is 12.3 Å². The summed E-state index contributed by atoms with van der Waals surface area (Å²) in [6.07, 6.45) is 9.18. The molecule has 1 heterocycles. The number of esters is 1. The van der Waals surface area contributed by atoms with Gasteiger partial charge >= 0.3 is 5.97 Å². The summed E-state index contributed by atoms with van der Waals surface area (Å²) in [5.74, 6) is -0.967. The van der Waals surface area contributed by atoms with Crippen LogP contribution in [-0.4, -0.2) is 35.9 Å². The number of carbonyl (C=O) groups is 1. The molecule has 0 spiro atoms. The summed E-state index contributed by atoms with van der Waals surface area (Å²) in [5, 5.41) is 2.96. The van der Waals surface area contributed by atoms with E-state index in [1.54, 1.807) is 30.7 Å². The second-order valence-corrected chi connectivity index (χ2v) is 10.9. The van der Waals surface area contributed by atoms with Gasteiger partial charge in [0.1, 0.15) is 5.82 Å². The molecule has 1 aromatic heterocycles. The first-order valence-corrected chi connectivity index (χ1v) is 11.3. The molecule has 0 unspecified atom stereocenters. The fourth-order valence-corrected chi connectivity index (χ4v) is 3.63. The van der Waals surface area contributed by atoms with Gasteiger partial charge in [0.25, 0.3) is 0 Å². The Bertz CT molecular complexity index is 891. The van der Waals surface area contributed by atoms with E-state index in [4.69, 9.17) is 16.2 Å². The number of nitrogens with two attached hydrogens (primary N) is 2. The first-order valence-electron chi connectivity index (χ1n) is 8.40. The van der Waals surface area contributed by atoms with Gasteiger partial charge in [-0.1, -0.05) is 0 Å². The van der Waals surface area contributed by atoms with Crippen LogP contribution >= 0.6 is 10.0 Å². The lowest BCUT2D eigenvalue weighted by atomic mass is 10.2. The SMILES string of the molecule is CCOC(=O)c1c(Nc2ccc(S(C)(C)C)cc2F)c(N)c(/C=C\N)n1C.[HH]. The Morgan fingerprint density at radius 1 is 1.41 bits per heavy atom. The number of rotatable bonds is 6. The Balaban J connectivity index is 0.00000392. The second-order valence-electron chi connectivity index (χ2n) is 6.76. The third-order valence-electron chi connectivity index (χ3n) is 4.11. The smallest absolute Gasteiger partial charge is 0.357 e. The molecule has 0 amide bonds. The van der Waals surface area contributed by atoms with Crippen LogP contribution in [0.25, 0.3) is 6.08 Å². The molecule has 0 radical (unpaired) electrons. The van der Waals surface area contributed by atoms with Crippen molar-refractivity contribution in [3.05, 3.63) is 41.6 Å². The Morgan fingerprint density at radius 3 is 2.59 bits per heavy atom. The van der Waals surface area contributed by atoms with Crippen LogP contribution < -0.4 is 16.8 Å². The second kappa shape index (κ2) is 7.96. The number of anilines is 3. The standard InChI is InChI=1S/C19H27FN4O2S.H2/c1-6-26-19(25)18-17(16(22)15(9-10-21)24(18)2)23-14-8-7-12(11-13(14)20)27(3,4)5;/h7-11,23H,6,21-22H2,1-5H3;1H/b10-9-;. The summed E-state index contributed by atoms with van der Waals surface area (Å²) < 4.78 is 21.4. The average Bonchev–Trinajstić information content (AvgIpc) is 2.80. The van der Waals surface area contributed by atoms with Crippen LogP contribution in [0.1, 0.15) is 24.5 Å². The molecule has 8 heteroatoms. The molecule has 6 nitrogen and oxygen atoms in total. The van der Waals surface area contributed by atoms with Crippen LogP contribution in [0.4, 0.5) is 21.5 Å². The Labute approximate surface area is 162 Å². The van der Waals surface area contributed by atoms with Crippen molar-refractivity contribution in [1.29, 1.82) is 0 Å². The highest BCUT2D eigenvalue weighted by molar-refractivity contribution is 8.32. The molecule has 2 rings (SSSR count). The number of halogens is 1. The van der Waals surface area contributed by atoms with Crippen LogP contribution in [0.2, 0.25) is 0 Å². The van der Waals surface area contributed by atoms with Crippen molar-refractivity contribution >= 4 is 39.1 Å². The van der Waals surface area contributed by atoms with Gasteiger partial charge in [0.2, 0.25) is 0 Å². The lowest BCUT2D eigenvalue weighted by Crippen LogP contribution is -2.12. The molecule has 2 aromatic rings. The fourth-order valence-electron chi connectivity index (χ4n) is 2.69. The van der Waals surface area contributed by atoms with Gasteiger partial charge in [-0.25, -0.2) is 19.2 Å². The molecule has 0 atom stereocenters. The molecule has 0 bridgehead atoms. The highest BCUT2D eigenvalue weighted by Gasteiger charge is 2.25. The largest absolute Gasteiger partial charge is 0.461 e. The van der Waals surface area contributed by atoms with Crippen molar-refractivity contribution in [3.8, 4) is 0 Å². The van der Waals surface area contributed by atoms with Crippen LogP contribution in [0, 0.1) is 5.82 Å². The van der Waals surface area contributed by atoms with Gasteiger partial charge in [-0.2, -0.15) is 0 Å². The maximum atomic E-state index is 14.7. The quantitative estimate of drug-likeness (QED) is 0.644. The number of carbonyl (C=O) groups excluding carboxylic acids is 1. The number of benzene rings is 1. The number of nitrogen functional groups attached to an aromatic ring is 1. The maximum absolute atomic E-state index is 14.7. The van der Waals surface area contributed by atoms with Crippen molar-refractivity contribution in [3.63, 3.8) is 0 Å². The average molecular weight is 397 g/mol. The molecule has 1 aromatic carbocycles. The summed E-state index contributed by atoms with van der Waals surface area (Å²) in [5.41, 5.74) is 13.2. The minimum atomic E-state index is -1.06. The zero-order valence-corrected chi connectivity index (χ0v) is 17.1. The molecule has 0 saturated heterocycles. The normalized spacial score (nSPS) is 12.4. The van der Waals surface area contributed by atoms with Gasteiger partial charge < -0.3 is 26.1 Å².